The summed E-state index contributed by atoms with van der Waals surface area (Å²) in [5.74, 6) is 0.658. The van der Waals surface area contributed by atoms with E-state index in [9.17, 15) is 9.59 Å². The topological polar surface area (TPSA) is 70.5 Å². The zero-order chi connectivity index (χ0) is 18.5. The highest BCUT2D eigenvalue weighted by molar-refractivity contribution is 5.78. The zero-order valence-electron chi connectivity index (χ0n) is 16.0. The molecule has 2 aliphatic rings. The number of carbonyl (C=O) groups is 1. The minimum absolute atomic E-state index is 0.0798. The standard InChI is InChI=1S/C19H31N5O2/c1-15-5-3-4-8-24(15)14-18(25)20-12-16-6-9-23(10-7-16)17-11-19(26)22(2)21-13-17/h11,13,15-16H,3-10,12,14H2,1-2H3,(H,20,25). The fraction of sp³-hybridized carbons (Fsp3) is 0.737. The van der Waals surface area contributed by atoms with Gasteiger partial charge in [-0.25, -0.2) is 4.68 Å². The van der Waals surface area contributed by atoms with Crippen molar-refractivity contribution >= 4 is 11.6 Å². The van der Waals surface area contributed by atoms with Gasteiger partial charge in [0.15, 0.2) is 0 Å². The summed E-state index contributed by atoms with van der Waals surface area (Å²) in [6, 6.07) is 2.17. The summed E-state index contributed by atoms with van der Waals surface area (Å²) in [7, 11) is 1.66. The lowest BCUT2D eigenvalue weighted by Crippen LogP contribution is -2.46. The Labute approximate surface area is 155 Å². The van der Waals surface area contributed by atoms with Gasteiger partial charge in [-0.05, 0) is 45.1 Å². The van der Waals surface area contributed by atoms with Gasteiger partial charge < -0.3 is 10.2 Å². The molecule has 3 heterocycles. The molecule has 0 spiro atoms. The SMILES string of the molecule is CC1CCCCN1CC(=O)NCC1CCN(c2cnn(C)c(=O)c2)CC1. The third kappa shape index (κ3) is 4.84. The molecule has 7 nitrogen and oxygen atoms in total. The maximum absolute atomic E-state index is 12.2. The number of nitrogens with zero attached hydrogens (tertiary/aromatic N) is 4. The van der Waals surface area contributed by atoms with E-state index >= 15 is 0 Å². The Bertz CT molecular complexity index is 666. The molecule has 2 aliphatic heterocycles. The lowest BCUT2D eigenvalue weighted by Gasteiger charge is -2.34. The Hall–Kier alpha value is -1.89. The lowest BCUT2D eigenvalue weighted by atomic mass is 9.96. The van der Waals surface area contributed by atoms with Gasteiger partial charge in [-0.2, -0.15) is 5.10 Å². The molecule has 26 heavy (non-hydrogen) atoms. The molecule has 2 fully saturated rings. The lowest BCUT2D eigenvalue weighted by molar-refractivity contribution is -0.123. The second-order valence-electron chi connectivity index (χ2n) is 7.73. The van der Waals surface area contributed by atoms with Gasteiger partial charge in [0.25, 0.3) is 5.56 Å². The maximum atomic E-state index is 12.2. The van der Waals surface area contributed by atoms with Crippen LogP contribution in [-0.2, 0) is 11.8 Å². The van der Waals surface area contributed by atoms with Crippen LogP contribution in [0.1, 0.15) is 39.0 Å². The van der Waals surface area contributed by atoms with E-state index < -0.39 is 0 Å². The molecule has 0 aliphatic carbocycles. The van der Waals surface area contributed by atoms with Crippen LogP contribution in [0.25, 0.3) is 0 Å². The molecular weight excluding hydrogens is 330 g/mol. The van der Waals surface area contributed by atoms with E-state index in [4.69, 9.17) is 0 Å². The van der Waals surface area contributed by atoms with E-state index in [-0.39, 0.29) is 11.5 Å². The number of amides is 1. The second kappa shape index (κ2) is 8.66. The first-order valence-electron chi connectivity index (χ1n) is 9.82. The smallest absolute Gasteiger partial charge is 0.268 e. The van der Waals surface area contributed by atoms with Crippen LogP contribution in [0.15, 0.2) is 17.1 Å². The number of anilines is 1. The molecule has 0 aromatic carbocycles. The summed E-state index contributed by atoms with van der Waals surface area (Å²) in [6.45, 7) is 6.34. The van der Waals surface area contributed by atoms with E-state index in [1.54, 1.807) is 19.3 Å². The minimum Gasteiger partial charge on any atom is -0.370 e. The predicted octanol–water partition coefficient (Wildman–Crippen LogP) is 0.987. The number of aromatic nitrogens is 2. The maximum Gasteiger partial charge on any atom is 0.268 e. The van der Waals surface area contributed by atoms with Crippen LogP contribution in [0.2, 0.25) is 0 Å². The van der Waals surface area contributed by atoms with Crippen molar-refractivity contribution in [1.29, 1.82) is 0 Å². The normalized spacial score (nSPS) is 22.4. The summed E-state index contributed by atoms with van der Waals surface area (Å²) in [6.07, 6.45) is 7.48. The van der Waals surface area contributed by atoms with Gasteiger partial charge in [0.1, 0.15) is 0 Å². The molecule has 3 rings (SSSR count). The second-order valence-corrected chi connectivity index (χ2v) is 7.73. The van der Waals surface area contributed by atoms with Crippen LogP contribution in [0.3, 0.4) is 0 Å². The largest absolute Gasteiger partial charge is 0.370 e. The minimum atomic E-state index is -0.0798. The molecule has 1 aromatic heterocycles. The number of rotatable bonds is 5. The average molecular weight is 361 g/mol. The van der Waals surface area contributed by atoms with Crippen molar-refractivity contribution < 1.29 is 4.79 Å². The number of hydrogen-bond acceptors (Lipinski definition) is 5. The first-order valence-corrected chi connectivity index (χ1v) is 9.82. The third-order valence-electron chi connectivity index (χ3n) is 5.81. The number of piperidine rings is 2. The molecule has 1 N–H and O–H groups in total. The van der Waals surface area contributed by atoms with Crippen molar-refractivity contribution in [2.45, 2.75) is 45.1 Å². The molecule has 2 saturated heterocycles. The molecular formula is C19H31N5O2. The van der Waals surface area contributed by atoms with Gasteiger partial charge in [0.2, 0.25) is 5.91 Å². The van der Waals surface area contributed by atoms with Crippen LogP contribution in [0, 0.1) is 5.92 Å². The number of aryl methyl sites for hydroxylation is 1. The van der Waals surface area contributed by atoms with E-state index in [0.29, 0.717) is 18.5 Å². The number of hydrogen-bond donors (Lipinski definition) is 1. The number of carbonyl (C=O) groups excluding carboxylic acids is 1. The molecule has 0 radical (unpaired) electrons. The predicted molar refractivity (Wildman–Crippen MR) is 102 cm³/mol. The fourth-order valence-electron chi connectivity index (χ4n) is 3.92. The van der Waals surface area contributed by atoms with Crippen LogP contribution in [-0.4, -0.2) is 59.4 Å². The zero-order valence-corrected chi connectivity index (χ0v) is 16.0. The van der Waals surface area contributed by atoms with Crippen molar-refractivity contribution in [2.24, 2.45) is 13.0 Å². The molecule has 1 aromatic rings. The highest BCUT2D eigenvalue weighted by atomic mass is 16.2. The first kappa shape index (κ1) is 18.9. The van der Waals surface area contributed by atoms with Crippen LogP contribution >= 0.6 is 0 Å². The van der Waals surface area contributed by atoms with Gasteiger partial charge in [0.05, 0.1) is 18.4 Å². The molecule has 144 valence electrons. The quantitative estimate of drug-likeness (QED) is 0.847. The van der Waals surface area contributed by atoms with Crippen molar-refractivity contribution in [3.8, 4) is 0 Å². The highest BCUT2D eigenvalue weighted by Crippen LogP contribution is 2.21. The summed E-state index contributed by atoms with van der Waals surface area (Å²) in [4.78, 5) is 28.5. The Morgan fingerprint density at radius 3 is 2.69 bits per heavy atom. The van der Waals surface area contributed by atoms with Gasteiger partial charge in [-0.1, -0.05) is 6.42 Å². The van der Waals surface area contributed by atoms with Crippen LogP contribution < -0.4 is 15.8 Å². The molecule has 7 heteroatoms. The van der Waals surface area contributed by atoms with Crippen molar-refractivity contribution in [1.82, 2.24) is 20.0 Å². The Morgan fingerprint density at radius 1 is 1.23 bits per heavy atom. The average Bonchev–Trinajstić information content (AvgIpc) is 2.65. The number of likely N-dealkylation sites (tertiary alicyclic amines) is 1. The summed E-state index contributed by atoms with van der Waals surface area (Å²) in [5, 5.41) is 7.22. The fourth-order valence-corrected chi connectivity index (χ4v) is 3.92. The van der Waals surface area contributed by atoms with Crippen molar-refractivity contribution in [3.05, 3.63) is 22.6 Å². The molecule has 1 atom stereocenters. The van der Waals surface area contributed by atoms with Crippen molar-refractivity contribution in [3.63, 3.8) is 0 Å². The van der Waals surface area contributed by atoms with E-state index in [1.165, 1.54) is 23.9 Å². The molecule has 1 unspecified atom stereocenters. The van der Waals surface area contributed by atoms with Gasteiger partial charge in [-0.3, -0.25) is 14.5 Å². The van der Waals surface area contributed by atoms with E-state index in [0.717, 1.165) is 44.7 Å². The van der Waals surface area contributed by atoms with E-state index in [1.807, 2.05) is 0 Å². The Kier molecular flexibility index (Phi) is 6.29. The van der Waals surface area contributed by atoms with Gasteiger partial charge >= 0.3 is 0 Å². The van der Waals surface area contributed by atoms with Crippen LogP contribution in [0.4, 0.5) is 5.69 Å². The summed E-state index contributed by atoms with van der Waals surface area (Å²) < 4.78 is 1.34. The monoisotopic (exact) mass is 361 g/mol. The van der Waals surface area contributed by atoms with Gasteiger partial charge in [0, 0.05) is 38.8 Å². The molecule has 1 amide bonds. The third-order valence-corrected chi connectivity index (χ3v) is 5.81. The Balaban J connectivity index is 1.40. The summed E-state index contributed by atoms with van der Waals surface area (Å²) >= 11 is 0. The highest BCUT2D eigenvalue weighted by Gasteiger charge is 2.23. The molecule has 0 bridgehead atoms. The van der Waals surface area contributed by atoms with Gasteiger partial charge in [-0.15, -0.1) is 0 Å². The first-order chi connectivity index (χ1) is 12.5. The summed E-state index contributed by atoms with van der Waals surface area (Å²) in [5.41, 5.74) is 0.818. The van der Waals surface area contributed by atoms with Crippen molar-refractivity contribution in [2.75, 3.05) is 37.6 Å². The van der Waals surface area contributed by atoms with Crippen LogP contribution in [0.5, 0.6) is 0 Å². The molecule has 0 saturated carbocycles. The van der Waals surface area contributed by atoms with E-state index in [2.05, 4.69) is 27.1 Å². The number of nitrogens with one attached hydrogen (secondary N) is 1. The Morgan fingerprint density at radius 2 is 2.00 bits per heavy atom.